The van der Waals surface area contributed by atoms with Gasteiger partial charge in [0.1, 0.15) is 0 Å². The minimum absolute atomic E-state index is 0.00611. The van der Waals surface area contributed by atoms with E-state index in [1.54, 1.807) is 0 Å². The lowest BCUT2D eigenvalue weighted by Gasteiger charge is -2.25. The Balaban J connectivity index is 1.56. The van der Waals surface area contributed by atoms with E-state index in [-0.39, 0.29) is 5.97 Å². The van der Waals surface area contributed by atoms with Gasteiger partial charge in [-0.3, -0.25) is 4.79 Å². The zero-order valence-electron chi connectivity index (χ0n) is 7.21. The fraction of sp³-hybridized carbons (Fsp3) is 0.889. The van der Waals surface area contributed by atoms with E-state index in [9.17, 15) is 4.79 Å². The lowest BCUT2D eigenvalue weighted by molar-refractivity contribution is -0.145. The van der Waals surface area contributed by atoms with E-state index in [1.807, 2.05) is 0 Å². The molecule has 0 atom stereocenters. The first kappa shape index (κ1) is 8.05. The summed E-state index contributed by atoms with van der Waals surface area (Å²) in [5.41, 5.74) is 0. The molecule has 0 aromatic carbocycles. The van der Waals surface area contributed by atoms with Crippen LogP contribution in [0.5, 0.6) is 0 Å². The van der Waals surface area contributed by atoms with Gasteiger partial charge in [-0.2, -0.15) is 0 Å². The van der Waals surface area contributed by atoms with Gasteiger partial charge in [0.2, 0.25) is 0 Å². The van der Waals surface area contributed by atoms with Crippen molar-refractivity contribution in [3.05, 3.63) is 0 Å². The van der Waals surface area contributed by atoms with Crippen LogP contribution in [-0.2, 0) is 9.53 Å². The first-order valence-electron chi connectivity index (χ1n) is 4.71. The molecule has 0 amide bonds. The number of hydrogen-bond acceptors (Lipinski definition) is 3. The van der Waals surface area contributed by atoms with Crippen molar-refractivity contribution in [2.75, 3.05) is 19.7 Å². The molecule has 0 spiro atoms. The maximum Gasteiger partial charge on any atom is 0.306 e. The van der Waals surface area contributed by atoms with Gasteiger partial charge < -0.3 is 10.1 Å². The Morgan fingerprint density at radius 1 is 1.33 bits per heavy atom. The van der Waals surface area contributed by atoms with Gasteiger partial charge in [-0.1, -0.05) is 0 Å². The van der Waals surface area contributed by atoms with Crippen molar-refractivity contribution in [1.82, 2.24) is 5.32 Å². The van der Waals surface area contributed by atoms with Crippen LogP contribution in [0.3, 0.4) is 0 Å². The fourth-order valence-electron chi connectivity index (χ4n) is 1.28. The first-order chi connectivity index (χ1) is 5.84. The van der Waals surface area contributed by atoms with Gasteiger partial charge in [-0.15, -0.1) is 0 Å². The van der Waals surface area contributed by atoms with E-state index >= 15 is 0 Å². The Labute approximate surface area is 72.5 Å². The highest BCUT2D eigenvalue weighted by atomic mass is 16.5. The molecule has 1 saturated carbocycles. The standard InChI is InChI=1S/C9H15NO2/c11-9(3-8-4-10-5-8)12-6-7-1-2-7/h7-8,10H,1-6H2. The van der Waals surface area contributed by atoms with Crippen molar-refractivity contribution in [3.8, 4) is 0 Å². The highest BCUT2D eigenvalue weighted by molar-refractivity contribution is 5.69. The summed E-state index contributed by atoms with van der Waals surface area (Å²) in [6, 6.07) is 0. The molecule has 68 valence electrons. The van der Waals surface area contributed by atoms with Crippen molar-refractivity contribution in [1.29, 1.82) is 0 Å². The molecule has 3 heteroatoms. The molecule has 2 rings (SSSR count). The Hall–Kier alpha value is -0.570. The summed E-state index contributed by atoms with van der Waals surface area (Å²) in [5.74, 6) is 1.22. The number of ether oxygens (including phenoxy) is 1. The molecular formula is C9H15NO2. The lowest BCUT2D eigenvalue weighted by atomic mass is 10.00. The largest absolute Gasteiger partial charge is 0.465 e. The molecule has 0 bridgehead atoms. The van der Waals surface area contributed by atoms with Gasteiger partial charge in [0.15, 0.2) is 0 Å². The maximum absolute atomic E-state index is 11.1. The van der Waals surface area contributed by atoms with Gasteiger partial charge in [0, 0.05) is 0 Å². The average Bonchev–Trinajstić information content (AvgIpc) is 2.76. The quantitative estimate of drug-likeness (QED) is 0.624. The third kappa shape index (κ3) is 2.21. The maximum atomic E-state index is 11.1. The van der Waals surface area contributed by atoms with Gasteiger partial charge in [-0.05, 0) is 37.8 Å². The van der Waals surface area contributed by atoms with Crippen molar-refractivity contribution in [3.63, 3.8) is 0 Å². The fourth-order valence-corrected chi connectivity index (χ4v) is 1.28. The first-order valence-corrected chi connectivity index (χ1v) is 4.71. The molecule has 0 unspecified atom stereocenters. The summed E-state index contributed by atoms with van der Waals surface area (Å²) in [4.78, 5) is 11.1. The van der Waals surface area contributed by atoms with Crippen molar-refractivity contribution >= 4 is 5.97 Å². The minimum atomic E-state index is -0.00611. The average molecular weight is 169 g/mol. The number of esters is 1. The molecule has 0 aromatic heterocycles. The molecular weight excluding hydrogens is 154 g/mol. The smallest absolute Gasteiger partial charge is 0.306 e. The minimum Gasteiger partial charge on any atom is -0.465 e. The topological polar surface area (TPSA) is 38.3 Å². The van der Waals surface area contributed by atoms with E-state index in [0.29, 0.717) is 24.9 Å². The SMILES string of the molecule is O=C(CC1CNC1)OCC1CC1. The number of hydrogen-bond donors (Lipinski definition) is 1. The Bertz CT molecular complexity index is 173. The van der Waals surface area contributed by atoms with E-state index in [2.05, 4.69) is 5.32 Å². The molecule has 2 aliphatic rings. The molecule has 2 fully saturated rings. The summed E-state index contributed by atoms with van der Waals surface area (Å²) >= 11 is 0. The summed E-state index contributed by atoms with van der Waals surface area (Å²) in [6.07, 6.45) is 3.11. The monoisotopic (exact) mass is 169 g/mol. The third-order valence-corrected chi connectivity index (χ3v) is 2.50. The molecule has 1 aliphatic carbocycles. The number of carbonyl (C=O) groups excluding carboxylic acids is 1. The molecule has 0 radical (unpaired) electrons. The van der Waals surface area contributed by atoms with Crippen LogP contribution >= 0.6 is 0 Å². The predicted octanol–water partition coefficient (Wildman–Crippen LogP) is 0.549. The van der Waals surface area contributed by atoms with E-state index in [4.69, 9.17) is 4.74 Å². The van der Waals surface area contributed by atoms with Crippen molar-refractivity contribution in [2.24, 2.45) is 11.8 Å². The predicted molar refractivity (Wildman–Crippen MR) is 44.7 cm³/mol. The zero-order valence-corrected chi connectivity index (χ0v) is 7.21. The van der Waals surface area contributed by atoms with Crippen LogP contribution in [0, 0.1) is 11.8 Å². The van der Waals surface area contributed by atoms with Gasteiger partial charge >= 0.3 is 5.97 Å². The lowest BCUT2D eigenvalue weighted by Crippen LogP contribution is -2.43. The molecule has 1 saturated heterocycles. The molecule has 1 heterocycles. The van der Waals surface area contributed by atoms with Gasteiger partial charge in [-0.25, -0.2) is 0 Å². The second-order valence-electron chi connectivity index (χ2n) is 3.85. The van der Waals surface area contributed by atoms with Crippen LogP contribution in [0.4, 0.5) is 0 Å². The summed E-state index contributed by atoms with van der Waals surface area (Å²) in [5, 5.41) is 3.14. The summed E-state index contributed by atoms with van der Waals surface area (Å²) in [6.45, 7) is 2.63. The van der Waals surface area contributed by atoms with Crippen LogP contribution in [0.1, 0.15) is 19.3 Å². The molecule has 0 aromatic rings. The van der Waals surface area contributed by atoms with Crippen LogP contribution < -0.4 is 5.32 Å². The number of rotatable bonds is 4. The van der Waals surface area contributed by atoms with Crippen LogP contribution in [0.25, 0.3) is 0 Å². The van der Waals surface area contributed by atoms with E-state index in [0.717, 1.165) is 13.1 Å². The molecule has 12 heavy (non-hydrogen) atoms. The second kappa shape index (κ2) is 3.44. The number of nitrogens with one attached hydrogen (secondary N) is 1. The van der Waals surface area contributed by atoms with Crippen LogP contribution in [-0.4, -0.2) is 25.7 Å². The Morgan fingerprint density at radius 2 is 2.08 bits per heavy atom. The van der Waals surface area contributed by atoms with Crippen molar-refractivity contribution < 1.29 is 9.53 Å². The zero-order chi connectivity index (χ0) is 8.39. The summed E-state index contributed by atoms with van der Waals surface area (Å²) < 4.78 is 5.11. The highest BCUT2D eigenvalue weighted by Gasteiger charge is 2.25. The highest BCUT2D eigenvalue weighted by Crippen LogP contribution is 2.29. The van der Waals surface area contributed by atoms with Crippen LogP contribution in [0.15, 0.2) is 0 Å². The molecule has 3 nitrogen and oxygen atoms in total. The molecule has 1 aliphatic heterocycles. The summed E-state index contributed by atoms with van der Waals surface area (Å²) in [7, 11) is 0. The van der Waals surface area contributed by atoms with Crippen LogP contribution in [0.2, 0.25) is 0 Å². The normalized spacial score (nSPS) is 23.3. The third-order valence-electron chi connectivity index (χ3n) is 2.50. The Kier molecular flexibility index (Phi) is 2.30. The van der Waals surface area contributed by atoms with E-state index < -0.39 is 0 Å². The second-order valence-corrected chi connectivity index (χ2v) is 3.85. The van der Waals surface area contributed by atoms with E-state index in [1.165, 1.54) is 12.8 Å². The van der Waals surface area contributed by atoms with Gasteiger partial charge in [0.05, 0.1) is 13.0 Å². The van der Waals surface area contributed by atoms with Gasteiger partial charge in [0.25, 0.3) is 0 Å². The Morgan fingerprint density at radius 3 is 2.58 bits per heavy atom. The molecule has 1 N–H and O–H groups in total. The van der Waals surface area contributed by atoms with Crippen molar-refractivity contribution in [2.45, 2.75) is 19.3 Å². The number of carbonyl (C=O) groups is 1.